The molecule has 11 nitrogen and oxygen atoms in total. The Balaban J connectivity index is 1.23. The number of tetrazole rings is 1. The van der Waals surface area contributed by atoms with Crippen molar-refractivity contribution in [3.63, 3.8) is 0 Å². The SMILES string of the molecule is Cc1nnn(Cc2cc(Cl)ccc2C=CC(=O)N2CCC(NC(=O)CCCC3=CNN[NH2+]3)CC2)n1. The summed E-state index contributed by atoms with van der Waals surface area (Å²) in [6, 6.07) is 5.62. The van der Waals surface area contributed by atoms with Crippen LogP contribution < -0.4 is 21.7 Å². The molecule has 0 saturated carbocycles. The molecule has 1 aromatic carbocycles. The zero-order valence-corrected chi connectivity index (χ0v) is 20.5. The van der Waals surface area contributed by atoms with Gasteiger partial charge >= 0.3 is 0 Å². The molecule has 1 aromatic heterocycles. The highest BCUT2D eigenvalue weighted by molar-refractivity contribution is 6.30. The van der Waals surface area contributed by atoms with Crippen LogP contribution in [0.1, 0.15) is 49.1 Å². The Morgan fingerprint density at radius 1 is 1.31 bits per heavy atom. The summed E-state index contributed by atoms with van der Waals surface area (Å²) in [7, 11) is 0. The second kappa shape index (κ2) is 11.9. The van der Waals surface area contributed by atoms with Crippen LogP contribution in [-0.4, -0.2) is 56.1 Å². The van der Waals surface area contributed by atoms with Gasteiger partial charge in [-0.25, -0.2) is 5.43 Å². The Morgan fingerprint density at radius 2 is 2.14 bits per heavy atom. The summed E-state index contributed by atoms with van der Waals surface area (Å²) in [6.45, 7) is 3.41. The summed E-state index contributed by atoms with van der Waals surface area (Å²) in [5, 5.41) is 15.8. The van der Waals surface area contributed by atoms with Crippen LogP contribution in [0.25, 0.3) is 6.08 Å². The fraction of sp³-hybridized carbons (Fsp3) is 0.435. The number of benzene rings is 1. The Bertz CT molecular complexity index is 1110. The maximum atomic E-state index is 12.8. The Morgan fingerprint density at radius 3 is 2.86 bits per heavy atom. The van der Waals surface area contributed by atoms with Gasteiger partial charge in [0.1, 0.15) is 5.70 Å². The van der Waals surface area contributed by atoms with Crippen LogP contribution in [0.2, 0.25) is 5.02 Å². The van der Waals surface area contributed by atoms with E-state index < -0.39 is 0 Å². The highest BCUT2D eigenvalue weighted by atomic mass is 35.5. The van der Waals surface area contributed by atoms with Crippen molar-refractivity contribution >= 4 is 29.5 Å². The van der Waals surface area contributed by atoms with Crippen LogP contribution in [0.15, 0.2) is 36.2 Å². The number of nitrogens with two attached hydrogens (primary N) is 1. The molecule has 186 valence electrons. The lowest BCUT2D eigenvalue weighted by molar-refractivity contribution is -0.664. The van der Waals surface area contributed by atoms with Gasteiger partial charge in [0.25, 0.3) is 0 Å². The summed E-state index contributed by atoms with van der Waals surface area (Å²) >= 11 is 6.18. The summed E-state index contributed by atoms with van der Waals surface area (Å²) < 4.78 is 0. The monoisotopic (exact) mass is 500 g/mol. The van der Waals surface area contributed by atoms with E-state index >= 15 is 0 Å². The minimum absolute atomic E-state index is 0.0475. The molecular formula is C23H31ClN9O2+. The number of hydrazine groups is 1. The highest BCUT2D eigenvalue weighted by Gasteiger charge is 2.23. The van der Waals surface area contributed by atoms with Gasteiger partial charge < -0.3 is 10.2 Å². The van der Waals surface area contributed by atoms with Gasteiger partial charge in [-0.2, -0.15) is 4.80 Å². The van der Waals surface area contributed by atoms with Gasteiger partial charge in [-0.15, -0.1) is 10.2 Å². The van der Waals surface area contributed by atoms with E-state index in [1.165, 1.54) is 4.80 Å². The molecule has 0 radical (unpaired) electrons. The van der Waals surface area contributed by atoms with Gasteiger partial charge in [-0.1, -0.05) is 23.2 Å². The van der Waals surface area contributed by atoms with E-state index in [0.717, 1.165) is 42.5 Å². The van der Waals surface area contributed by atoms with E-state index in [1.54, 1.807) is 25.1 Å². The summed E-state index contributed by atoms with van der Waals surface area (Å²) in [5.41, 5.74) is 10.6. The fourth-order valence-electron chi connectivity index (χ4n) is 4.13. The van der Waals surface area contributed by atoms with Gasteiger partial charge in [0.15, 0.2) is 5.82 Å². The summed E-state index contributed by atoms with van der Waals surface area (Å²) in [5.74, 6) is 0.615. The third kappa shape index (κ3) is 7.35. The molecule has 12 heteroatoms. The van der Waals surface area contributed by atoms with E-state index in [-0.39, 0.29) is 17.9 Å². The third-order valence-electron chi connectivity index (χ3n) is 6.01. The lowest BCUT2D eigenvalue weighted by Crippen LogP contribution is -2.90. The number of allylic oxidation sites excluding steroid dienone is 1. The van der Waals surface area contributed by atoms with Crippen LogP contribution in [0.5, 0.6) is 0 Å². The molecule has 1 fully saturated rings. The zero-order valence-electron chi connectivity index (χ0n) is 19.7. The van der Waals surface area contributed by atoms with Crippen LogP contribution in [0.4, 0.5) is 0 Å². The molecule has 3 heterocycles. The number of hydrogen-bond donors (Lipinski definition) is 4. The van der Waals surface area contributed by atoms with Gasteiger partial charge in [-0.3, -0.25) is 15.0 Å². The molecule has 2 aliphatic rings. The lowest BCUT2D eigenvalue weighted by Gasteiger charge is -2.31. The van der Waals surface area contributed by atoms with Crippen molar-refractivity contribution < 1.29 is 15.0 Å². The average molecular weight is 501 g/mol. The number of piperidine rings is 1. The number of amides is 2. The molecule has 0 bridgehead atoms. The average Bonchev–Trinajstić information content (AvgIpc) is 3.50. The fourth-order valence-corrected chi connectivity index (χ4v) is 4.33. The second-order valence-electron chi connectivity index (χ2n) is 8.72. The lowest BCUT2D eigenvalue weighted by atomic mass is 10.0. The standard InChI is InChI=1S/C23H30ClN9O2/c1-16-27-31-33(29-16)15-18-13-19(24)7-5-17(18)6-8-23(35)32-11-9-20(10-12-32)26-22(34)4-2-3-21-14-25-30-28-21/h5-8,13-14,20,25,28,30H,2-4,9-12,15H2,1H3,(H,26,34)/p+1. The topological polar surface area (TPSA) is 134 Å². The van der Waals surface area contributed by atoms with E-state index in [2.05, 4.69) is 31.7 Å². The number of quaternary nitrogens is 1. The van der Waals surface area contributed by atoms with Gasteiger partial charge in [0.2, 0.25) is 11.8 Å². The number of likely N-dealkylation sites (tertiary alicyclic amines) is 1. The highest BCUT2D eigenvalue weighted by Crippen LogP contribution is 2.19. The predicted octanol–water partition coefficient (Wildman–Crippen LogP) is 0.402. The molecule has 2 aliphatic heterocycles. The molecule has 0 spiro atoms. The summed E-state index contributed by atoms with van der Waals surface area (Å²) in [4.78, 5) is 28.4. The van der Waals surface area contributed by atoms with Crippen LogP contribution in [-0.2, 0) is 16.1 Å². The van der Waals surface area contributed by atoms with Crippen molar-refractivity contribution in [2.75, 3.05) is 13.1 Å². The molecule has 2 amide bonds. The number of rotatable bonds is 9. The van der Waals surface area contributed by atoms with E-state index in [0.29, 0.717) is 36.9 Å². The number of carbonyl (C=O) groups excluding carboxylic acids is 2. The van der Waals surface area contributed by atoms with E-state index in [9.17, 15) is 9.59 Å². The van der Waals surface area contributed by atoms with Crippen LogP contribution >= 0.6 is 11.6 Å². The molecule has 35 heavy (non-hydrogen) atoms. The number of hydrogen-bond acceptors (Lipinski definition) is 7. The smallest absolute Gasteiger partial charge is 0.246 e. The zero-order chi connectivity index (χ0) is 24.6. The first-order chi connectivity index (χ1) is 17.0. The van der Waals surface area contributed by atoms with Gasteiger partial charge in [0.05, 0.1) is 12.7 Å². The normalized spacial score (nSPS) is 16.4. The quantitative estimate of drug-likeness (QED) is 0.289. The first kappa shape index (κ1) is 24.8. The number of aryl methyl sites for hydroxylation is 1. The molecule has 1 saturated heterocycles. The minimum Gasteiger partial charge on any atom is -0.353 e. The predicted molar refractivity (Wildman–Crippen MR) is 130 cm³/mol. The van der Waals surface area contributed by atoms with Crippen molar-refractivity contribution in [1.82, 2.24) is 41.4 Å². The number of aromatic nitrogens is 4. The molecule has 2 aromatic rings. The summed E-state index contributed by atoms with van der Waals surface area (Å²) in [6.07, 6.45) is 8.96. The van der Waals surface area contributed by atoms with Crippen molar-refractivity contribution in [3.05, 3.63) is 58.1 Å². The van der Waals surface area contributed by atoms with E-state index in [1.807, 2.05) is 28.7 Å². The van der Waals surface area contributed by atoms with E-state index in [4.69, 9.17) is 11.6 Å². The molecule has 5 N–H and O–H groups in total. The first-order valence-electron chi connectivity index (χ1n) is 11.8. The Hall–Kier alpha value is -3.28. The molecule has 0 atom stereocenters. The second-order valence-corrected chi connectivity index (χ2v) is 9.15. The molecule has 0 unspecified atom stereocenters. The van der Waals surface area contributed by atoms with Crippen molar-refractivity contribution in [1.29, 1.82) is 0 Å². The first-order valence-corrected chi connectivity index (χ1v) is 12.2. The molecule has 4 rings (SSSR count). The maximum absolute atomic E-state index is 12.8. The minimum atomic E-state index is -0.0475. The maximum Gasteiger partial charge on any atom is 0.246 e. The Kier molecular flexibility index (Phi) is 8.45. The third-order valence-corrected chi connectivity index (χ3v) is 6.25. The number of halogens is 1. The molecule has 0 aliphatic carbocycles. The van der Waals surface area contributed by atoms with Crippen molar-refractivity contribution in [2.45, 2.75) is 51.6 Å². The van der Waals surface area contributed by atoms with Crippen molar-refractivity contribution in [2.24, 2.45) is 0 Å². The number of nitrogens with one attached hydrogen (secondary N) is 3. The van der Waals surface area contributed by atoms with Crippen LogP contribution in [0.3, 0.4) is 0 Å². The number of nitrogens with zero attached hydrogens (tertiary/aromatic N) is 5. The van der Waals surface area contributed by atoms with Gasteiger partial charge in [-0.05, 0) is 60.7 Å². The molecular weight excluding hydrogens is 470 g/mol. The number of carbonyl (C=O) groups is 2. The van der Waals surface area contributed by atoms with Crippen molar-refractivity contribution in [3.8, 4) is 0 Å². The Labute approximate surface area is 208 Å². The van der Waals surface area contributed by atoms with Gasteiger partial charge in [0, 0.05) is 43.1 Å². The van der Waals surface area contributed by atoms with Crippen LogP contribution in [0, 0.1) is 6.92 Å². The largest absolute Gasteiger partial charge is 0.353 e.